The summed E-state index contributed by atoms with van der Waals surface area (Å²) in [4.78, 5) is 14.3. The molecule has 1 atom stereocenters. The van der Waals surface area contributed by atoms with Crippen LogP contribution in [0.4, 0.5) is 5.13 Å². The lowest BCUT2D eigenvalue weighted by atomic mass is 10.0. The highest BCUT2D eigenvalue weighted by molar-refractivity contribution is 7.13. The average molecular weight is 318 g/mol. The predicted molar refractivity (Wildman–Crippen MR) is 85.1 cm³/mol. The molecule has 1 saturated heterocycles. The molecule has 1 N–H and O–H groups in total. The highest BCUT2D eigenvalue weighted by Gasteiger charge is 2.29. The zero-order valence-electron chi connectivity index (χ0n) is 12.4. The topological polar surface area (TPSA) is 67.3 Å². The number of likely N-dealkylation sites (tertiary alicyclic amines) is 1. The molecular formula is C15H18N4O2S. The number of hydrogen-bond acceptors (Lipinski definition) is 6. The lowest BCUT2D eigenvalue weighted by molar-refractivity contribution is -0.117. The van der Waals surface area contributed by atoms with Crippen LogP contribution in [0.5, 0.6) is 5.75 Å². The van der Waals surface area contributed by atoms with Gasteiger partial charge in [0.15, 0.2) is 0 Å². The van der Waals surface area contributed by atoms with Crippen molar-refractivity contribution in [3.8, 4) is 5.75 Å². The molecule has 7 heteroatoms. The summed E-state index contributed by atoms with van der Waals surface area (Å²) >= 11 is 1.32. The van der Waals surface area contributed by atoms with E-state index in [1.165, 1.54) is 11.3 Å². The molecule has 22 heavy (non-hydrogen) atoms. The Kier molecular flexibility index (Phi) is 4.65. The molecule has 0 aliphatic carbocycles. The van der Waals surface area contributed by atoms with Crippen LogP contribution in [0.3, 0.4) is 0 Å². The standard InChI is InChI=1S/C15H18N4O2S/c1-21-13-7-3-2-5-11(13)12-6-4-8-19(12)9-14(20)17-15-18-16-10-22-15/h2-3,5,7,10,12H,4,6,8-9H2,1H3,(H,17,18,20)/t12-/m1/s1. The van der Waals surface area contributed by atoms with E-state index in [0.717, 1.165) is 30.7 Å². The first-order chi connectivity index (χ1) is 10.8. The van der Waals surface area contributed by atoms with E-state index < -0.39 is 0 Å². The van der Waals surface area contributed by atoms with Crippen molar-refractivity contribution >= 4 is 22.4 Å². The van der Waals surface area contributed by atoms with Gasteiger partial charge >= 0.3 is 0 Å². The largest absolute Gasteiger partial charge is 0.496 e. The zero-order chi connectivity index (χ0) is 15.4. The number of para-hydroxylation sites is 1. The molecule has 6 nitrogen and oxygen atoms in total. The summed E-state index contributed by atoms with van der Waals surface area (Å²) in [6.45, 7) is 1.26. The number of carbonyl (C=O) groups is 1. The SMILES string of the molecule is COc1ccccc1[C@H]1CCCN1CC(=O)Nc1nncs1. The van der Waals surface area contributed by atoms with Gasteiger partial charge in [-0.15, -0.1) is 10.2 Å². The Morgan fingerprint density at radius 1 is 1.50 bits per heavy atom. The maximum absolute atomic E-state index is 12.2. The Balaban J connectivity index is 1.69. The summed E-state index contributed by atoms with van der Waals surface area (Å²) in [5, 5.41) is 10.9. The number of carbonyl (C=O) groups excluding carboxylic acids is 1. The lowest BCUT2D eigenvalue weighted by Gasteiger charge is -2.25. The van der Waals surface area contributed by atoms with Crippen molar-refractivity contribution < 1.29 is 9.53 Å². The third-order valence-corrected chi connectivity index (χ3v) is 4.42. The van der Waals surface area contributed by atoms with Crippen LogP contribution in [-0.2, 0) is 4.79 Å². The number of nitrogens with zero attached hydrogens (tertiary/aromatic N) is 3. The molecule has 2 aromatic rings. The van der Waals surface area contributed by atoms with E-state index in [1.54, 1.807) is 12.6 Å². The van der Waals surface area contributed by atoms with Crippen molar-refractivity contribution in [2.75, 3.05) is 25.5 Å². The van der Waals surface area contributed by atoms with Crippen molar-refractivity contribution in [2.24, 2.45) is 0 Å². The van der Waals surface area contributed by atoms with Crippen LogP contribution in [0.25, 0.3) is 0 Å². The molecule has 0 unspecified atom stereocenters. The Labute approximate surface area is 133 Å². The molecule has 0 bridgehead atoms. The summed E-state index contributed by atoms with van der Waals surface area (Å²) in [5.74, 6) is 0.822. The fourth-order valence-corrected chi connectivity index (χ4v) is 3.34. The third-order valence-electron chi connectivity index (χ3n) is 3.81. The van der Waals surface area contributed by atoms with Crippen LogP contribution < -0.4 is 10.1 Å². The van der Waals surface area contributed by atoms with Gasteiger partial charge in [0, 0.05) is 11.6 Å². The average Bonchev–Trinajstić information content (AvgIpc) is 3.19. The van der Waals surface area contributed by atoms with Crippen LogP contribution in [0.2, 0.25) is 0 Å². The lowest BCUT2D eigenvalue weighted by Crippen LogP contribution is -2.33. The van der Waals surface area contributed by atoms with Gasteiger partial charge in [-0.3, -0.25) is 15.0 Å². The number of aromatic nitrogens is 2. The predicted octanol–water partition coefficient (Wildman–Crippen LogP) is 2.32. The number of rotatable bonds is 5. The highest BCUT2D eigenvalue weighted by atomic mass is 32.1. The maximum Gasteiger partial charge on any atom is 0.240 e. The fourth-order valence-electron chi connectivity index (χ4n) is 2.88. The van der Waals surface area contributed by atoms with Gasteiger partial charge in [0.2, 0.25) is 11.0 Å². The Bertz CT molecular complexity index is 632. The molecule has 3 rings (SSSR count). The van der Waals surface area contributed by atoms with Crippen LogP contribution in [-0.4, -0.2) is 41.2 Å². The van der Waals surface area contributed by atoms with Crippen LogP contribution in [0.1, 0.15) is 24.4 Å². The molecule has 0 saturated carbocycles. The molecule has 1 aromatic carbocycles. The second-order valence-corrected chi connectivity index (χ2v) is 6.00. The van der Waals surface area contributed by atoms with Gasteiger partial charge < -0.3 is 4.74 Å². The number of methoxy groups -OCH3 is 1. The zero-order valence-corrected chi connectivity index (χ0v) is 13.2. The quantitative estimate of drug-likeness (QED) is 0.916. The molecule has 116 valence electrons. The molecule has 1 aliphatic heterocycles. The number of ether oxygens (including phenoxy) is 1. The second kappa shape index (κ2) is 6.85. The van der Waals surface area contributed by atoms with Gasteiger partial charge in [0.25, 0.3) is 0 Å². The van der Waals surface area contributed by atoms with E-state index >= 15 is 0 Å². The van der Waals surface area contributed by atoms with E-state index in [4.69, 9.17) is 4.74 Å². The first kappa shape index (κ1) is 14.9. The third kappa shape index (κ3) is 3.26. The first-order valence-electron chi connectivity index (χ1n) is 7.21. The molecule has 0 spiro atoms. The van der Waals surface area contributed by atoms with E-state index in [2.05, 4.69) is 26.5 Å². The summed E-state index contributed by atoms with van der Waals surface area (Å²) in [6, 6.07) is 8.23. The summed E-state index contributed by atoms with van der Waals surface area (Å²) in [6.07, 6.45) is 2.11. The van der Waals surface area contributed by atoms with Crippen molar-refractivity contribution in [2.45, 2.75) is 18.9 Å². The molecule has 1 amide bonds. The smallest absolute Gasteiger partial charge is 0.240 e. The molecule has 1 aliphatic rings. The molecule has 2 heterocycles. The van der Waals surface area contributed by atoms with Crippen LogP contribution in [0.15, 0.2) is 29.8 Å². The van der Waals surface area contributed by atoms with Gasteiger partial charge in [-0.05, 0) is 25.5 Å². The summed E-state index contributed by atoms with van der Waals surface area (Å²) in [7, 11) is 1.68. The van der Waals surface area contributed by atoms with Crippen molar-refractivity contribution in [3.63, 3.8) is 0 Å². The van der Waals surface area contributed by atoms with Crippen LogP contribution >= 0.6 is 11.3 Å². The molecule has 0 radical (unpaired) electrons. The Hall–Kier alpha value is -1.99. The van der Waals surface area contributed by atoms with Gasteiger partial charge in [-0.1, -0.05) is 29.5 Å². The van der Waals surface area contributed by atoms with Gasteiger partial charge in [-0.25, -0.2) is 0 Å². The Morgan fingerprint density at radius 2 is 2.36 bits per heavy atom. The van der Waals surface area contributed by atoms with E-state index in [-0.39, 0.29) is 11.9 Å². The number of nitrogens with one attached hydrogen (secondary N) is 1. The van der Waals surface area contributed by atoms with Gasteiger partial charge in [-0.2, -0.15) is 0 Å². The fraction of sp³-hybridized carbons (Fsp3) is 0.400. The first-order valence-corrected chi connectivity index (χ1v) is 8.09. The van der Waals surface area contributed by atoms with Crippen molar-refractivity contribution in [1.82, 2.24) is 15.1 Å². The number of anilines is 1. The normalized spacial score (nSPS) is 18.3. The molecule has 1 fully saturated rings. The summed E-state index contributed by atoms with van der Waals surface area (Å²) in [5.41, 5.74) is 2.74. The monoisotopic (exact) mass is 318 g/mol. The van der Waals surface area contributed by atoms with Gasteiger partial charge in [0.05, 0.1) is 13.7 Å². The van der Waals surface area contributed by atoms with Gasteiger partial charge in [0.1, 0.15) is 11.3 Å². The summed E-state index contributed by atoms with van der Waals surface area (Å²) < 4.78 is 5.45. The Morgan fingerprint density at radius 3 is 3.14 bits per heavy atom. The number of amides is 1. The number of hydrogen-bond donors (Lipinski definition) is 1. The minimum absolute atomic E-state index is 0.0569. The van der Waals surface area contributed by atoms with E-state index in [9.17, 15) is 4.79 Å². The van der Waals surface area contributed by atoms with Crippen LogP contribution in [0, 0.1) is 0 Å². The minimum Gasteiger partial charge on any atom is -0.496 e. The van der Waals surface area contributed by atoms with E-state index in [0.29, 0.717) is 11.7 Å². The van der Waals surface area contributed by atoms with Crippen molar-refractivity contribution in [1.29, 1.82) is 0 Å². The highest BCUT2D eigenvalue weighted by Crippen LogP contribution is 2.36. The number of benzene rings is 1. The minimum atomic E-state index is -0.0569. The van der Waals surface area contributed by atoms with Crippen molar-refractivity contribution in [3.05, 3.63) is 35.3 Å². The second-order valence-electron chi connectivity index (χ2n) is 5.16. The van der Waals surface area contributed by atoms with E-state index in [1.807, 2.05) is 18.2 Å². The molecule has 1 aromatic heterocycles. The maximum atomic E-state index is 12.2. The molecular weight excluding hydrogens is 300 g/mol.